The van der Waals surface area contributed by atoms with E-state index in [4.69, 9.17) is 0 Å². The molecular weight excluding hydrogens is 276 g/mol. The molecule has 1 fully saturated rings. The number of benzene rings is 1. The van der Waals surface area contributed by atoms with E-state index in [1.165, 1.54) is 18.5 Å². The van der Waals surface area contributed by atoms with Crippen LogP contribution in [0.15, 0.2) is 47.7 Å². The number of nitrogens with zero attached hydrogens (tertiary/aromatic N) is 3. The van der Waals surface area contributed by atoms with Gasteiger partial charge in [0, 0.05) is 37.6 Å². The van der Waals surface area contributed by atoms with E-state index in [9.17, 15) is 4.79 Å². The monoisotopic (exact) mass is 296 g/mol. The molecule has 1 amide bonds. The zero-order valence-electron chi connectivity index (χ0n) is 12.7. The van der Waals surface area contributed by atoms with E-state index >= 15 is 0 Å². The van der Waals surface area contributed by atoms with E-state index < -0.39 is 0 Å². The van der Waals surface area contributed by atoms with Crippen LogP contribution in [-0.2, 0) is 7.05 Å². The van der Waals surface area contributed by atoms with Crippen LogP contribution in [0.4, 0.5) is 5.69 Å². The summed E-state index contributed by atoms with van der Waals surface area (Å²) in [6.45, 7) is 2.21. The summed E-state index contributed by atoms with van der Waals surface area (Å²) in [6, 6.07) is 11.6. The van der Waals surface area contributed by atoms with Gasteiger partial charge in [-0.3, -0.25) is 4.79 Å². The minimum absolute atomic E-state index is 0.196. The first-order valence-electron chi connectivity index (χ1n) is 7.54. The molecule has 5 nitrogen and oxygen atoms in total. The Hall–Kier alpha value is -2.56. The molecule has 114 valence electrons. The highest BCUT2D eigenvalue weighted by Crippen LogP contribution is 2.20. The zero-order chi connectivity index (χ0) is 15.4. The van der Waals surface area contributed by atoms with E-state index in [1.807, 2.05) is 54.2 Å². The summed E-state index contributed by atoms with van der Waals surface area (Å²) in [5, 5.41) is 4.00. The highest BCUT2D eigenvalue weighted by atomic mass is 16.2. The lowest BCUT2D eigenvalue weighted by molar-refractivity contribution is 0.0955. The average Bonchev–Trinajstić information content (AvgIpc) is 3.20. The Balaban J connectivity index is 1.60. The number of aryl methyl sites for hydroxylation is 1. The van der Waals surface area contributed by atoms with Crippen molar-refractivity contribution >= 4 is 17.8 Å². The molecule has 1 aromatic heterocycles. The molecule has 0 unspecified atom stereocenters. The number of hydrazone groups is 1. The first-order valence-corrected chi connectivity index (χ1v) is 7.54. The Bertz CT molecular complexity index is 666. The van der Waals surface area contributed by atoms with Crippen LogP contribution in [0.1, 0.15) is 28.9 Å². The van der Waals surface area contributed by atoms with Gasteiger partial charge in [-0.2, -0.15) is 5.10 Å². The number of amides is 1. The number of nitrogens with one attached hydrogen (secondary N) is 1. The van der Waals surface area contributed by atoms with Gasteiger partial charge >= 0.3 is 0 Å². The lowest BCUT2D eigenvalue weighted by atomic mass is 10.2. The second kappa shape index (κ2) is 6.47. The fourth-order valence-corrected chi connectivity index (χ4v) is 2.63. The van der Waals surface area contributed by atoms with Gasteiger partial charge in [-0.25, -0.2) is 5.43 Å². The fourth-order valence-electron chi connectivity index (χ4n) is 2.63. The van der Waals surface area contributed by atoms with Gasteiger partial charge in [0.15, 0.2) is 0 Å². The molecule has 5 heteroatoms. The van der Waals surface area contributed by atoms with Gasteiger partial charge in [0.2, 0.25) is 0 Å². The van der Waals surface area contributed by atoms with E-state index in [0.717, 1.165) is 18.8 Å². The van der Waals surface area contributed by atoms with Crippen molar-refractivity contribution in [3.63, 3.8) is 0 Å². The van der Waals surface area contributed by atoms with E-state index in [-0.39, 0.29) is 5.91 Å². The molecule has 1 aromatic carbocycles. The van der Waals surface area contributed by atoms with Gasteiger partial charge in [-0.1, -0.05) is 0 Å². The summed E-state index contributed by atoms with van der Waals surface area (Å²) >= 11 is 0. The lowest BCUT2D eigenvalue weighted by Gasteiger charge is -2.17. The number of rotatable bonds is 4. The van der Waals surface area contributed by atoms with Crippen LogP contribution in [-0.4, -0.2) is 29.8 Å². The SMILES string of the molecule is Cn1cccc1/C=N\NC(=O)c1ccc(N2CCCC2)cc1. The Morgan fingerprint density at radius 3 is 2.55 bits per heavy atom. The molecule has 1 saturated heterocycles. The number of carbonyl (C=O) groups excluding carboxylic acids is 1. The minimum atomic E-state index is -0.196. The summed E-state index contributed by atoms with van der Waals surface area (Å²) in [6.07, 6.45) is 6.06. The smallest absolute Gasteiger partial charge is 0.271 e. The van der Waals surface area contributed by atoms with Gasteiger partial charge < -0.3 is 9.47 Å². The largest absolute Gasteiger partial charge is 0.372 e. The van der Waals surface area contributed by atoms with Crippen LogP contribution in [0.3, 0.4) is 0 Å². The van der Waals surface area contributed by atoms with Crippen molar-refractivity contribution in [1.82, 2.24) is 9.99 Å². The first kappa shape index (κ1) is 14.4. The predicted octanol–water partition coefficient (Wildman–Crippen LogP) is 2.39. The van der Waals surface area contributed by atoms with Crippen LogP contribution < -0.4 is 10.3 Å². The maximum atomic E-state index is 12.0. The summed E-state index contributed by atoms with van der Waals surface area (Å²) in [4.78, 5) is 14.4. The molecule has 0 aliphatic carbocycles. The molecule has 3 rings (SSSR count). The van der Waals surface area contributed by atoms with Gasteiger partial charge in [-0.05, 0) is 49.2 Å². The quantitative estimate of drug-likeness (QED) is 0.695. The third-order valence-electron chi connectivity index (χ3n) is 3.95. The van der Waals surface area contributed by atoms with Crippen molar-refractivity contribution in [3.05, 3.63) is 53.9 Å². The van der Waals surface area contributed by atoms with E-state index in [0.29, 0.717) is 5.56 Å². The number of hydrogen-bond acceptors (Lipinski definition) is 3. The van der Waals surface area contributed by atoms with Gasteiger partial charge in [-0.15, -0.1) is 0 Å². The van der Waals surface area contributed by atoms with Crippen molar-refractivity contribution < 1.29 is 4.79 Å². The van der Waals surface area contributed by atoms with Gasteiger partial charge in [0.25, 0.3) is 5.91 Å². The minimum Gasteiger partial charge on any atom is -0.372 e. The molecule has 0 spiro atoms. The molecule has 0 atom stereocenters. The van der Waals surface area contributed by atoms with Crippen molar-refractivity contribution in [2.45, 2.75) is 12.8 Å². The molecule has 0 radical (unpaired) electrons. The molecule has 0 saturated carbocycles. The highest BCUT2D eigenvalue weighted by molar-refractivity contribution is 5.95. The van der Waals surface area contributed by atoms with Crippen LogP contribution in [0.2, 0.25) is 0 Å². The Labute approximate surface area is 130 Å². The van der Waals surface area contributed by atoms with Crippen LogP contribution in [0.5, 0.6) is 0 Å². The maximum Gasteiger partial charge on any atom is 0.271 e. The predicted molar refractivity (Wildman–Crippen MR) is 88.4 cm³/mol. The van der Waals surface area contributed by atoms with Crippen molar-refractivity contribution in [1.29, 1.82) is 0 Å². The second-order valence-electron chi connectivity index (χ2n) is 5.48. The van der Waals surface area contributed by atoms with Crippen molar-refractivity contribution in [2.24, 2.45) is 12.1 Å². The van der Waals surface area contributed by atoms with Gasteiger partial charge in [0.1, 0.15) is 0 Å². The molecule has 1 N–H and O–H groups in total. The summed E-state index contributed by atoms with van der Waals surface area (Å²) in [7, 11) is 1.93. The maximum absolute atomic E-state index is 12.0. The molecule has 2 aromatic rings. The molecular formula is C17H20N4O. The zero-order valence-corrected chi connectivity index (χ0v) is 12.7. The van der Waals surface area contributed by atoms with Gasteiger partial charge in [0.05, 0.1) is 11.9 Å². The van der Waals surface area contributed by atoms with Crippen LogP contribution >= 0.6 is 0 Å². The highest BCUT2D eigenvalue weighted by Gasteiger charge is 2.12. The van der Waals surface area contributed by atoms with Crippen molar-refractivity contribution in [3.8, 4) is 0 Å². The molecule has 22 heavy (non-hydrogen) atoms. The number of aromatic nitrogens is 1. The Morgan fingerprint density at radius 2 is 1.91 bits per heavy atom. The van der Waals surface area contributed by atoms with E-state index in [1.54, 1.807) is 6.21 Å². The average molecular weight is 296 g/mol. The van der Waals surface area contributed by atoms with Crippen LogP contribution in [0.25, 0.3) is 0 Å². The lowest BCUT2D eigenvalue weighted by Crippen LogP contribution is -2.19. The normalized spacial score (nSPS) is 14.7. The van der Waals surface area contributed by atoms with Crippen molar-refractivity contribution in [2.75, 3.05) is 18.0 Å². The molecule has 2 heterocycles. The summed E-state index contributed by atoms with van der Waals surface area (Å²) in [5.41, 5.74) is 5.29. The third-order valence-corrected chi connectivity index (χ3v) is 3.95. The Kier molecular flexibility index (Phi) is 4.23. The number of carbonyl (C=O) groups is 1. The first-order chi connectivity index (χ1) is 10.7. The standard InChI is InChI=1S/C17H20N4O/c1-20-10-4-5-16(20)13-18-19-17(22)14-6-8-15(9-7-14)21-11-2-3-12-21/h4-10,13H,2-3,11-12H2,1H3,(H,19,22)/b18-13-. The summed E-state index contributed by atoms with van der Waals surface area (Å²) < 4.78 is 1.93. The number of anilines is 1. The van der Waals surface area contributed by atoms with E-state index in [2.05, 4.69) is 15.4 Å². The number of hydrogen-bond donors (Lipinski definition) is 1. The molecule has 1 aliphatic heterocycles. The third kappa shape index (κ3) is 3.19. The Morgan fingerprint density at radius 1 is 1.18 bits per heavy atom. The fraction of sp³-hybridized carbons (Fsp3) is 0.294. The second-order valence-corrected chi connectivity index (χ2v) is 5.48. The topological polar surface area (TPSA) is 49.6 Å². The molecule has 1 aliphatic rings. The molecule has 0 bridgehead atoms. The van der Waals surface area contributed by atoms with Crippen LogP contribution in [0, 0.1) is 0 Å². The summed E-state index contributed by atoms with van der Waals surface area (Å²) in [5.74, 6) is -0.196.